The summed E-state index contributed by atoms with van der Waals surface area (Å²) in [5.41, 5.74) is 0.307. The second-order valence-corrected chi connectivity index (χ2v) is 5.88. The molecule has 0 unspecified atom stereocenters. The largest absolute Gasteiger partial charge is 0.150 e. The zero-order chi connectivity index (χ0) is 8.77. The van der Waals surface area contributed by atoms with Crippen LogP contribution in [0.1, 0.15) is 25.6 Å². The van der Waals surface area contributed by atoms with Crippen molar-refractivity contribution in [3.05, 3.63) is 21.7 Å². The molecule has 2 rings (SSSR count). The molecule has 0 bridgehead atoms. The Morgan fingerprint density at radius 2 is 1.92 bits per heavy atom. The summed E-state index contributed by atoms with van der Waals surface area (Å²) < 4.78 is 1.44. The molecule has 2 heterocycles. The van der Waals surface area contributed by atoms with E-state index in [0.717, 1.165) is 0 Å². The molecule has 0 atom stereocenters. The lowest BCUT2D eigenvalue weighted by molar-refractivity contribution is 0.604. The topological polar surface area (TPSA) is 0 Å². The third-order valence-electron chi connectivity index (χ3n) is 1.90. The molecule has 0 aliphatic carbocycles. The molecule has 0 spiro atoms. The molecule has 0 aliphatic heterocycles. The molecule has 0 fully saturated rings. The van der Waals surface area contributed by atoms with Gasteiger partial charge in [-0.15, -0.1) is 11.3 Å². The van der Waals surface area contributed by atoms with Gasteiger partial charge in [-0.25, -0.2) is 0 Å². The second-order valence-electron chi connectivity index (χ2n) is 4.05. The Morgan fingerprint density at radius 3 is 2.50 bits per heavy atom. The summed E-state index contributed by atoms with van der Waals surface area (Å²) in [6, 6.07) is 2.32. The van der Waals surface area contributed by atoms with Crippen LogP contribution in [0.25, 0.3) is 10.1 Å². The minimum Gasteiger partial charge on any atom is -0.150 e. The van der Waals surface area contributed by atoms with E-state index in [-0.39, 0.29) is 0 Å². The van der Waals surface area contributed by atoms with Gasteiger partial charge >= 0.3 is 0 Å². The molecular weight excluding hydrogens is 184 g/mol. The highest BCUT2D eigenvalue weighted by Gasteiger charge is 2.16. The average Bonchev–Trinajstić information content (AvgIpc) is 2.37. The summed E-state index contributed by atoms with van der Waals surface area (Å²) >= 11 is 3.71. The molecule has 2 heteroatoms. The molecule has 0 saturated heterocycles. The maximum atomic E-state index is 2.32. The van der Waals surface area contributed by atoms with Gasteiger partial charge in [-0.1, -0.05) is 20.8 Å². The Hall–Kier alpha value is -0.340. The van der Waals surface area contributed by atoms with Crippen molar-refractivity contribution < 1.29 is 0 Å². The van der Waals surface area contributed by atoms with Gasteiger partial charge in [-0.2, -0.15) is 11.3 Å². The fourth-order valence-electron chi connectivity index (χ4n) is 1.14. The monoisotopic (exact) mass is 196 g/mol. The Balaban J connectivity index is 2.59. The third kappa shape index (κ3) is 1.29. The number of fused-ring (bicyclic) bond motifs is 1. The van der Waals surface area contributed by atoms with E-state index in [9.17, 15) is 0 Å². The standard InChI is InChI=1S/C10H12S2/c1-10(2,3)9-4-7-5-11-6-8(7)12-9/h4-6H,1-3H3. The van der Waals surface area contributed by atoms with Crippen LogP contribution in [0.15, 0.2) is 16.8 Å². The van der Waals surface area contributed by atoms with Gasteiger partial charge in [0, 0.05) is 20.3 Å². The van der Waals surface area contributed by atoms with Crippen molar-refractivity contribution in [2.24, 2.45) is 0 Å². The first-order valence-electron chi connectivity index (χ1n) is 4.03. The first-order valence-corrected chi connectivity index (χ1v) is 5.79. The van der Waals surface area contributed by atoms with E-state index in [1.807, 2.05) is 11.3 Å². The van der Waals surface area contributed by atoms with Crippen LogP contribution < -0.4 is 0 Å². The van der Waals surface area contributed by atoms with Crippen LogP contribution >= 0.6 is 22.7 Å². The van der Waals surface area contributed by atoms with Gasteiger partial charge in [0.05, 0.1) is 0 Å². The Bertz CT molecular complexity index is 359. The first-order chi connectivity index (χ1) is 5.57. The SMILES string of the molecule is CC(C)(C)c1cc2cscc2s1. The van der Waals surface area contributed by atoms with Gasteiger partial charge in [0.1, 0.15) is 0 Å². The van der Waals surface area contributed by atoms with E-state index in [4.69, 9.17) is 0 Å². The number of thiophene rings is 2. The Labute approximate surface area is 80.9 Å². The summed E-state index contributed by atoms with van der Waals surface area (Å²) in [4.78, 5) is 1.49. The molecule has 2 aromatic rings. The molecule has 0 aliphatic rings. The molecule has 12 heavy (non-hydrogen) atoms. The molecule has 0 radical (unpaired) electrons. The van der Waals surface area contributed by atoms with Crippen molar-refractivity contribution in [2.45, 2.75) is 26.2 Å². The quantitative estimate of drug-likeness (QED) is 0.590. The van der Waals surface area contributed by atoms with Crippen molar-refractivity contribution in [3.63, 3.8) is 0 Å². The molecule has 2 aromatic heterocycles. The molecular formula is C10H12S2. The normalized spacial score (nSPS) is 12.6. The highest BCUT2D eigenvalue weighted by atomic mass is 32.1. The minimum absolute atomic E-state index is 0.307. The van der Waals surface area contributed by atoms with Crippen LogP contribution in [-0.2, 0) is 5.41 Å². The molecule has 0 nitrogen and oxygen atoms in total. The number of hydrogen-bond acceptors (Lipinski definition) is 2. The van der Waals surface area contributed by atoms with Gasteiger partial charge in [-0.3, -0.25) is 0 Å². The molecule has 64 valence electrons. The van der Waals surface area contributed by atoms with Crippen molar-refractivity contribution in [1.29, 1.82) is 0 Å². The van der Waals surface area contributed by atoms with E-state index in [1.165, 1.54) is 15.0 Å². The van der Waals surface area contributed by atoms with Gasteiger partial charge in [0.2, 0.25) is 0 Å². The first kappa shape index (κ1) is 8.27. The summed E-state index contributed by atoms with van der Waals surface area (Å²) in [5, 5.41) is 5.87. The summed E-state index contributed by atoms with van der Waals surface area (Å²) in [5.74, 6) is 0. The van der Waals surface area contributed by atoms with E-state index < -0.39 is 0 Å². The van der Waals surface area contributed by atoms with Crippen molar-refractivity contribution in [3.8, 4) is 0 Å². The maximum Gasteiger partial charge on any atom is 0.0452 e. The molecule has 0 N–H and O–H groups in total. The summed E-state index contributed by atoms with van der Waals surface area (Å²) in [6.07, 6.45) is 0. The van der Waals surface area contributed by atoms with Gasteiger partial charge in [0.15, 0.2) is 0 Å². The van der Waals surface area contributed by atoms with E-state index >= 15 is 0 Å². The van der Waals surface area contributed by atoms with Crippen molar-refractivity contribution >= 4 is 32.8 Å². The van der Waals surface area contributed by atoms with Gasteiger partial charge in [0.25, 0.3) is 0 Å². The van der Waals surface area contributed by atoms with Crippen LogP contribution in [0, 0.1) is 0 Å². The predicted octanol–water partition coefficient (Wildman–Crippen LogP) is 4.26. The summed E-state index contributed by atoms with van der Waals surface area (Å²) in [7, 11) is 0. The van der Waals surface area contributed by atoms with Gasteiger partial charge in [-0.05, 0) is 16.9 Å². The van der Waals surface area contributed by atoms with Crippen LogP contribution in [0.5, 0.6) is 0 Å². The number of rotatable bonds is 0. The Kier molecular flexibility index (Phi) is 1.77. The average molecular weight is 196 g/mol. The highest BCUT2D eigenvalue weighted by Crippen LogP contribution is 2.35. The fraction of sp³-hybridized carbons (Fsp3) is 0.400. The fourth-order valence-corrected chi connectivity index (χ4v) is 3.21. The van der Waals surface area contributed by atoms with Crippen LogP contribution in [0.3, 0.4) is 0 Å². The number of hydrogen-bond donors (Lipinski definition) is 0. The minimum atomic E-state index is 0.307. The van der Waals surface area contributed by atoms with E-state index in [0.29, 0.717) is 5.41 Å². The zero-order valence-corrected chi connectivity index (χ0v) is 9.18. The van der Waals surface area contributed by atoms with Crippen molar-refractivity contribution in [1.82, 2.24) is 0 Å². The molecule has 0 aromatic carbocycles. The van der Waals surface area contributed by atoms with Crippen LogP contribution in [0.2, 0.25) is 0 Å². The lowest BCUT2D eigenvalue weighted by atomic mass is 9.94. The second kappa shape index (κ2) is 2.57. The van der Waals surface area contributed by atoms with Crippen LogP contribution in [0.4, 0.5) is 0 Å². The van der Waals surface area contributed by atoms with E-state index in [2.05, 4.69) is 37.6 Å². The van der Waals surface area contributed by atoms with Crippen LogP contribution in [-0.4, -0.2) is 0 Å². The zero-order valence-electron chi connectivity index (χ0n) is 7.55. The maximum absolute atomic E-state index is 2.32. The lowest BCUT2D eigenvalue weighted by Gasteiger charge is -2.14. The Morgan fingerprint density at radius 1 is 1.17 bits per heavy atom. The highest BCUT2D eigenvalue weighted by molar-refractivity contribution is 7.22. The molecule has 0 saturated carbocycles. The summed E-state index contributed by atoms with van der Waals surface area (Å²) in [6.45, 7) is 6.80. The third-order valence-corrected chi connectivity index (χ3v) is 4.33. The smallest absolute Gasteiger partial charge is 0.0452 e. The predicted molar refractivity (Wildman–Crippen MR) is 58.4 cm³/mol. The van der Waals surface area contributed by atoms with Crippen molar-refractivity contribution in [2.75, 3.05) is 0 Å². The molecule has 0 amide bonds. The van der Waals surface area contributed by atoms with Gasteiger partial charge < -0.3 is 0 Å². The lowest BCUT2D eigenvalue weighted by Crippen LogP contribution is -2.07. The van der Waals surface area contributed by atoms with E-state index in [1.54, 1.807) is 11.3 Å².